The highest BCUT2D eigenvalue weighted by Crippen LogP contribution is 2.28. The molecule has 0 aromatic carbocycles. The Kier molecular flexibility index (Phi) is 5.62. The minimum atomic E-state index is -0.193. The first-order valence-electron chi connectivity index (χ1n) is 5.71. The van der Waals surface area contributed by atoms with Gasteiger partial charge in [-0.2, -0.15) is 0 Å². The molecule has 3 nitrogen and oxygen atoms in total. The summed E-state index contributed by atoms with van der Waals surface area (Å²) in [7, 11) is 0. The van der Waals surface area contributed by atoms with Gasteiger partial charge in [0.05, 0.1) is 6.04 Å². The van der Waals surface area contributed by atoms with Crippen LogP contribution in [0.1, 0.15) is 38.6 Å². The zero-order valence-electron chi connectivity index (χ0n) is 10.6. The Balaban J connectivity index is 2.54. The summed E-state index contributed by atoms with van der Waals surface area (Å²) in [6.07, 6.45) is 0. The summed E-state index contributed by atoms with van der Waals surface area (Å²) >= 11 is 5.19. The molecule has 0 fully saturated rings. The van der Waals surface area contributed by atoms with Crippen LogP contribution in [0.15, 0.2) is 15.9 Å². The maximum absolute atomic E-state index is 11.8. The molecule has 1 amide bonds. The van der Waals surface area contributed by atoms with Crippen molar-refractivity contribution in [2.45, 2.75) is 45.8 Å². The van der Waals surface area contributed by atoms with Gasteiger partial charge in [0.2, 0.25) is 5.91 Å². The summed E-state index contributed by atoms with van der Waals surface area (Å²) in [6, 6.07) is 2.17. The zero-order chi connectivity index (χ0) is 13.0. The van der Waals surface area contributed by atoms with E-state index in [0.717, 1.165) is 4.47 Å². The molecular formula is C12H19BrN2OS. The van der Waals surface area contributed by atoms with Crippen molar-refractivity contribution < 1.29 is 4.79 Å². The Labute approximate surface area is 115 Å². The van der Waals surface area contributed by atoms with E-state index in [0.29, 0.717) is 0 Å². The maximum atomic E-state index is 11.8. The van der Waals surface area contributed by atoms with Gasteiger partial charge in [-0.25, -0.2) is 0 Å². The number of amides is 1. The third-order valence-corrected chi connectivity index (χ3v) is 4.42. The minimum absolute atomic E-state index is 0.0412. The van der Waals surface area contributed by atoms with Gasteiger partial charge in [-0.15, -0.1) is 11.3 Å². The fourth-order valence-corrected chi connectivity index (χ4v) is 3.28. The Morgan fingerprint density at radius 1 is 1.35 bits per heavy atom. The second-order valence-electron chi connectivity index (χ2n) is 4.41. The zero-order valence-corrected chi connectivity index (χ0v) is 13.0. The van der Waals surface area contributed by atoms with E-state index in [1.807, 2.05) is 32.2 Å². The van der Waals surface area contributed by atoms with Crippen molar-refractivity contribution in [2.75, 3.05) is 0 Å². The van der Waals surface area contributed by atoms with Crippen molar-refractivity contribution in [1.82, 2.24) is 10.6 Å². The summed E-state index contributed by atoms with van der Waals surface area (Å²) in [5.74, 6) is 0.0412. The van der Waals surface area contributed by atoms with Gasteiger partial charge in [-0.3, -0.25) is 10.1 Å². The molecule has 0 aliphatic rings. The predicted molar refractivity (Wildman–Crippen MR) is 76.3 cm³/mol. The van der Waals surface area contributed by atoms with Gasteiger partial charge < -0.3 is 5.32 Å². The molecule has 1 rings (SSSR count). The normalized spacial score (nSPS) is 14.7. The van der Waals surface area contributed by atoms with Crippen molar-refractivity contribution in [1.29, 1.82) is 0 Å². The Bertz CT molecular complexity index is 378. The molecule has 1 aromatic heterocycles. The van der Waals surface area contributed by atoms with E-state index < -0.39 is 0 Å². The number of thiophene rings is 1. The molecule has 0 bridgehead atoms. The van der Waals surface area contributed by atoms with Crippen molar-refractivity contribution in [3.63, 3.8) is 0 Å². The van der Waals surface area contributed by atoms with E-state index >= 15 is 0 Å². The van der Waals surface area contributed by atoms with Gasteiger partial charge in [0, 0.05) is 21.4 Å². The average Bonchev–Trinajstić information content (AvgIpc) is 2.63. The van der Waals surface area contributed by atoms with E-state index in [4.69, 9.17) is 0 Å². The number of carbonyl (C=O) groups excluding carboxylic acids is 1. The highest BCUT2D eigenvalue weighted by molar-refractivity contribution is 9.10. The van der Waals surface area contributed by atoms with Crippen LogP contribution in [0.2, 0.25) is 0 Å². The largest absolute Gasteiger partial charge is 0.353 e. The van der Waals surface area contributed by atoms with Gasteiger partial charge in [0.25, 0.3) is 0 Å². The van der Waals surface area contributed by atoms with Gasteiger partial charge in [-0.05, 0) is 55.1 Å². The molecule has 0 aliphatic heterocycles. The van der Waals surface area contributed by atoms with Crippen LogP contribution in [0.25, 0.3) is 0 Å². The second kappa shape index (κ2) is 6.52. The predicted octanol–water partition coefficient (Wildman–Crippen LogP) is 3.07. The Hall–Kier alpha value is -0.390. The van der Waals surface area contributed by atoms with E-state index in [-0.39, 0.29) is 24.0 Å². The molecule has 17 heavy (non-hydrogen) atoms. The molecule has 5 heteroatoms. The third kappa shape index (κ3) is 4.41. The van der Waals surface area contributed by atoms with Crippen LogP contribution in [-0.2, 0) is 4.79 Å². The molecule has 0 saturated carbocycles. The molecule has 2 N–H and O–H groups in total. The van der Waals surface area contributed by atoms with Crippen LogP contribution in [0, 0.1) is 0 Å². The lowest BCUT2D eigenvalue weighted by Crippen LogP contribution is -2.45. The molecule has 2 atom stereocenters. The standard InChI is InChI=1S/C12H19BrN2OS/c1-7(2)14-12(16)9(4)15-8(3)11-10(13)5-6-17-11/h5-9,15H,1-4H3,(H,14,16). The van der Waals surface area contributed by atoms with Crippen molar-refractivity contribution in [2.24, 2.45) is 0 Å². The highest BCUT2D eigenvalue weighted by atomic mass is 79.9. The van der Waals surface area contributed by atoms with E-state index in [2.05, 4.69) is 33.5 Å². The lowest BCUT2D eigenvalue weighted by atomic mass is 10.2. The molecule has 96 valence electrons. The molecule has 1 heterocycles. The summed E-state index contributed by atoms with van der Waals surface area (Å²) in [5, 5.41) is 8.23. The van der Waals surface area contributed by atoms with Crippen LogP contribution in [0.3, 0.4) is 0 Å². The van der Waals surface area contributed by atoms with Crippen LogP contribution in [-0.4, -0.2) is 18.0 Å². The molecule has 1 aromatic rings. The number of rotatable bonds is 5. The first-order valence-corrected chi connectivity index (χ1v) is 7.38. The number of carbonyl (C=O) groups is 1. The van der Waals surface area contributed by atoms with E-state index in [9.17, 15) is 4.79 Å². The number of hydrogen-bond donors (Lipinski definition) is 2. The lowest BCUT2D eigenvalue weighted by molar-refractivity contribution is -0.123. The van der Waals surface area contributed by atoms with E-state index in [1.165, 1.54) is 4.88 Å². The second-order valence-corrected chi connectivity index (χ2v) is 6.21. The molecule has 0 saturated heterocycles. The first-order chi connectivity index (χ1) is 7.91. The monoisotopic (exact) mass is 318 g/mol. The Morgan fingerprint density at radius 3 is 2.47 bits per heavy atom. The quantitative estimate of drug-likeness (QED) is 0.876. The summed E-state index contributed by atoms with van der Waals surface area (Å²) in [5.41, 5.74) is 0. The molecular weight excluding hydrogens is 300 g/mol. The van der Waals surface area contributed by atoms with Gasteiger partial charge >= 0.3 is 0 Å². The van der Waals surface area contributed by atoms with Crippen molar-refractivity contribution in [3.8, 4) is 0 Å². The molecule has 0 aliphatic carbocycles. The van der Waals surface area contributed by atoms with Gasteiger partial charge in [0.1, 0.15) is 0 Å². The lowest BCUT2D eigenvalue weighted by Gasteiger charge is -2.20. The minimum Gasteiger partial charge on any atom is -0.353 e. The molecule has 0 radical (unpaired) electrons. The average molecular weight is 319 g/mol. The van der Waals surface area contributed by atoms with Gasteiger partial charge in [-0.1, -0.05) is 0 Å². The summed E-state index contributed by atoms with van der Waals surface area (Å²) < 4.78 is 1.10. The Morgan fingerprint density at radius 2 is 2.00 bits per heavy atom. The third-order valence-electron chi connectivity index (χ3n) is 2.36. The fraction of sp³-hybridized carbons (Fsp3) is 0.583. The number of nitrogens with one attached hydrogen (secondary N) is 2. The van der Waals surface area contributed by atoms with Crippen LogP contribution >= 0.6 is 27.3 Å². The highest BCUT2D eigenvalue weighted by Gasteiger charge is 2.18. The van der Waals surface area contributed by atoms with Gasteiger partial charge in [0.15, 0.2) is 0 Å². The van der Waals surface area contributed by atoms with E-state index in [1.54, 1.807) is 11.3 Å². The smallest absolute Gasteiger partial charge is 0.237 e. The SMILES string of the molecule is CC(C)NC(=O)C(C)NC(C)c1sccc1Br. The molecule has 2 unspecified atom stereocenters. The number of hydrogen-bond acceptors (Lipinski definition) is 3. The van der Waals surface area contributed by atoms with Crippen molar-refractivity contribution >= 4 is 33.2 Å². The number of halogens is 1. The van der Waals surface area contributed by atoms with Crippen LogP contribution in [0.4, 0.5) is 0 Å². The summed E-state index contributed by atoms with van der Waals surface area (Å²) in [4.78, 5) is 13.0. The van der Waals surface area contributed by atoms with Crippen LogP contribution < -0.4 is 10.6 Å². The van der Waals surface area contributed by atoms with Crippen molar-refractivity contribution in [3.05, 3.63) is 20.8 Å². The van der Waals surface area contributed by atoms with Crippen LogP contribution in [0.5, 0.6) is 0 Å². The topological polar surface area (TPSA) is 41.1 Å². The molecule has 0 spiro atoms. The fourth-order valence-electron chi connectivity index (χ4n) is 1.55. The first kappa shape index (κ1) is 14.7. The summed E-state index contributed by atoms with van der Waals surface area (Å²) in [6.45, 7) is 7.87. The maximum Gasteiger partial charge on any atom is 0.237 e.